The molecule has 31 heavy (non-hydrogen) atoms. The van der Waals surface area contributed by atoms with Crippen molar-refractivity contribution in [1.82, 2.24) is 10.3 Å². The van der Waals surface area contributed by atoms with E-state index in [4.69, 9.17) is 19.6 Å². The first-order valence-corrected chi connectivity index (χ1v) is 10.6. The number of amides is 1. The van der Waals surface area contributed by atoms with Crippen LogP contribution >= 0.6 is 0 Å². The largest absolute Gasteiger partial charge is 0.493 e. The van der Waals surface area contributed by atoms with Gasteiger partial charge in [-0.2, -0.15) is 4.98 Å². The molecule has 0 bridgehead atoms. The number of benzene rings is 2. The average molecular weight is 425 g/mol. The van der Waals surface area contributed by atoms with Crippen molar-refractivity contribution in [2.75, 3.05) is 31.7 Å². The zero-order valence-corrected chi connectivity index (χ0v) is 17.9. The van der Waals surface area contributed by atoms with E-state index >= 15 is 0 Å². The molecule has 0 aliphatic carbocycles. The van der Waals surface area contributed by atoms with Crippen LogP contribution in [0.5, 0.6) is 11.5 Å². The summed E-state index contributed by atoms with van der Waals surface area (Å²) in [6.07, 6.45) is 1.94. The molecule has 2 heterocycles. The van der Waals surface area contributed by atoms with Crippen molar-refractivity contribution in [2.45, 2.75) is 32.4 Å². The Morgan fingerprint density at radius 2 is 2.06 bits per heavy atom. The number of fused-ring (bicyclic) bond motifs is 1. The molecule has 1 aliphatic rings. The molecular weight excluding hydrogens is 396 g/mol. The molecule has 1 saturated heterocycles. The average Bonchev–Trinajstić information content (AvgIpc) is 3.22. The highest BCUT2D eigenvalue weighted by Gasteiger charge is 2.26. The summed E-state index contributed by atoms with van der Waals surface area (Å²) in [6.45, 7) is 4.95. The van der Waals surface area contributed by atoms with Gasteiger partial charge in [0.15, 0.2) is 17.1 Å². The number of aromatic nitrogens is 1. The van der Waals surface area contributed by atoms with E-state index in [0.29, 0.717) is 47.3 Å². The summed E-state index contributed by atoms with van der Waals surface area (Å²) in [5.41, 5.74) is 8.00. The molecule has 0 saturated carbocycles. The number of carbonyl (C=O) groups is 1. The first-order valence-electron chi connectivity index (χ1n) is 10.6. The Hall–Kier alpha value is -3.26. The third-order valence-electron chi connectivity index (χ3n) is 5.55. The maximum absolute atomic E-state index is 11.8. The Balaban J connectivity index is 1.72. The number of ether oxygens (including phenoxy) is 2. The van der Waals surface area contributed by atoms with Gasteiger partial charge in [-0.05, 0) is 62.7 Å². The summed E-state index contributed by atoms with van der Waals surface area (Å²) in [4.78, 5) is 18.7. The molecule has 8 nitrogen and oxygen atoms in total. The van der Waals surface area contributed by atoms with Crippen LogP contribution in [0.1, 0.15) is 35.7 Å². The summed E-state index contributed by atoms with van der Waals surface area (Å²) in [5, 5.41) is 3.40. The fourth-order valence-corrected chi connectivity index (χ4v) is 4.01. The van der Waals surface area contributed by atoms with E-state index in [2.05, 4.69) is 15.2 Å². The van der Waals surface area contributed by atoms with Crippen LogP contribution in [-0.4, -0.2) is 43.7 Å². The van der Waals surface area contributed by atoms with Gasteiger partial charge in [0.1, 0.15) is 5.52 Å². The zero-order chi connectivity index (χ0) is 21.8. The van der Waals surface area contributed by atoms with Crippen molar-refractivity contribution >= 4 is 23.0 Å². The van der Waals surface area contributed by atoms with Crippen LogP contribution in [-0.2, 0) is 6.54 Å². The van der Waals surface area contributed by atoms with Crippen LogP contribution in [0.3, 0.4) is 0 Å². The molecule has 8 heteroatoms. The van der Waals surface area contributed by atoms with E-state index in [0.717, 1.165) is 31.5 Å². The Labute approximate surface area is 181 Å². The molecule has 3 aromatic rings. The Bertz CT molecular complexity index is 1060. The number of rotatable bonds is 8. The third-order valence-corrected chi connectivity index (χ3v) is 5.55. The molecule has 0 atom stereocenters. The van der Waals surface area contributed by atoms with E-state index in [1.165, 1.54) is 0 Å². The van der Waals surface area contributed by atoms with Crippen LogP contribution < -0.4 is 25.4 Å². The van der Waals surface area contributed by atoms with Gasteiger partial charge in [-0.15, -0.1) is 0 Å². The number of primary amides is 1. The lowest BCUT2D eigenvalue weighted by Crippen LogP contribution is -2.43. The normalized spacial score (nSPS) is 14.5. The highest BCUT2D eigenvalue weighted by atomic mass is 16.5. The molecule has 1 fully saturated rings. The van der Waals surface area contributed by atoms with Gasteiger partial charge in [0.25, 0.3) is 11.9 Å². The lowest BCUT2D eigenvalue weighted by molar-refractivity contribution is 0.100. The van der Waals surface area contributed by atoms with Gasteiger partial charge in [-0.3, -0.25) is 4.79 Å². The van der Waals surface area contributed by atoms with Gasteiger partial charge in [-0.25, -0.2) is 0 Å². The van der Waals surface area contributed by atoms with E-state index in [1.807, 2.05) is 25.1 Å². The molecule has 0 spiro atoms. The van der Waals surface area contributed by atoms with Gasteiger partial charge in [0.05, 0.1) is 19.3 Å². The summed E-state index contributed by atoms with van der Waals surface area (Å²) < 4.78 is 17.3. The van der Waals surface area contributed by atoms with Crippen molar-refractivity contribution < 1.29 is 18.7 Å². The fourth-order valence-electron chi connectivity index (χ4n) is 4.01. The van der Waals surface area contributed by atoms with Crippen LogP contribution in [0.2, 0.25) is 0 Å². The number of hydrogen-bond acceptors (Lipinski definition) is 7. The lowest BCUT2D eigenvalue weighted by Gasteiger charge is -2.33. The minimum absolute atomic E-state index is 0.254. The lowest BCUT2D eigenvalue weighted by atomic mass is 10.0. The molecule has 2 aromatic carbocycles. The summed E-state index contributed by atoms with van der Waals surface area (Å²) in [6, 6.07) is 11.9. The molecule has 1 amide bonds. The maximum Gasteiger partial charge on any atom is 0.298 e. The number of carbonyl (C=O) groups excluding carboxylic acids is 1. The van der Waals surface area contributed by atoms with Crippen LogP contribution in [0.25, 0.3) is 11.1 Å². The SMILES string of the molecule is CCOc1cc(CN(c2nc3c(C(N)=O)cccc3o2)C2CCNCC2)ccc1OC. The summed E-state index contributed by atoms with van der Waals surface area (Å²) >= 11 is 0. The first-order chi connectivity index (χ1) is 15.1. The highest BCUT2D eigenvalue weighted by molar-refractivity contribution is 6.03. The van der Waals surface area contributed by atoms with Crippen molar-refractivity contribution in [3.8, 4) is 11.5 Å². The summed E-state index contributed by atoms with van der Waals surface area (Å²) in [5.74, 6) is 0.892. The van der Waals surface area contributed by atoms with E-state index in [1.54, 1.807) is 25.3 Å². The Kier molecular flexibility index (Phi) is 6.27. The minimum atomic E-state index is -0.518. The quantitative estimate of drug-likeness (QED) is 0.573. The fraction of sp³-hybridized carbons (Fsp3) is 0.391. The van der Waals surface area contributed by atoms with E-state index in [9.17, 15) is 4.79 Å². The van der Waals surface area contributed by atoms with Crippen molar-refractivity contribution in [3.63, 3.8) is 0 Å². The number of nitrogens with one attached hydrogen (secondary N) is 1. The maximum atomic E-state index is 11.8. The standard InChI is InChI=1S/C23H28N4O4/c1-3-30-20-13-15(7-8-18(20)29-2)14-27(16-9-11-25-12-10-16)23-26-21-17(22(24)28)5-4-6-19(21)31-23/h4-8,13,16,25H,3,9-12,14H2,1-2H3,(H2,24,28). The Morgan fingerprint density at radius 3 is 2.77 bits per heavy atom. The molecule has 1 aliphatic heterocycles. The number of oxazole rings is 1. The second-order valence-corrected chi connectivity index (χ2v) is 7.54. The molecule has 4 rings (SSSR count). The molecular formula is C23H28N4O4. The van der Waals surface area contributed by atoms with Crippen LogP contribution in [0.15, 0.2) is 40.8 Å². The number of methoxy groups -OCH3 is 1. The molecule has 3 N–H and O–H groups in total. The van der Waals surface area contributed by atoms with Crippen LogP contribution in [0.4, 0.5) is 6.01 Å². The van der Waals surface area contributed by atoms with E-state index < -0.39 is 5.91 Å². The first kappa shape index (κ1) is 21.0. The molecule has 164 valence electrons. The number of nitrogens with zero attached hydrogens (tertiary/aromatic N) is 2. The van der Waals surface area contributed by atoms with Gasteiger partial charge < -0.3 is 29.8 Å². The number of para-hydroxylation sites is 1. The number of piperidine rings is 1. The topological polar surface area (TPSA) is 103 Å². The van der Waals surface area contributed by atoms with Crippen molar-refractivity contribution in [2.24, 2.45) is 5.73 Å². The molecule has 1 aromatic heterocycles. The molecule has 0 unspecified atom stereocenters. The van der Waals surface area contributed by atoms with Gasteiger partial charge in [0.2, 0.25) is 0 Å². The van der Waals surface area contributed by atoms with Crippen molar-refractivity contribution in [1.29, 1.82) is 0 Å². The van der Waals surface area contributed by atoms with Gasteiger partial charge in [-0.1, -0.05) is 12.1 Å². The van der Waals surface area contributed by atoms with Crippen LogP contribution in [0, 0.1) is 0 Å². The predicted octanol–water partition coefficient (Wildman–Crippen LogP) is 3.09. The predicted molar refractivity (Wildman–Crippen MR) is 119 cm³/mol. The van der Waals surface area contributed by atoms with Gasteiger partial charge >= 0.3 is 0 Å². The Morgan fingerprint density at radius 1 is 1.26 bits per heavy atom. The van der Waals surface area contributed by atoms with Gasteiger partial charge in [0, 0.05) is 12.6 Å². The number of anilines is 1. The number of nitrogens with two attached hydrogens (primary N) is 1. The summed E-state index contributed by atoms with van der Waals surface area (Å²) in [7, 11) is 1.63. The molecule has 0 radical (unpaired) electrons. The second-order valence-electron chi connectivity index (χ2n) is 7.54. The van der Waals surface area contributed by atoms with Crippen molar-refractivity contribution in [3.05, 3.63) is 47.5 Å². The number of hydrogen-bond donors (Lipinski definition) is 2. The third kappa shape index (κ3) is 4.44. The second kappa shape index (κ2) is 9.26. The monoisotopic (exact) mass is 424 g/mol. The zero-order valence-electron chi connectivity index (χ0n) is 17.9. The minimum Gasteiger partial charge on any atom is -0.493 e. The smallest absolute Gasteiger partial charge is 0.298 e. The van der Waals surface area contributed by atoms with E-state index in [-0.39, 0.29) is 6.04 Å². The highest BCUT2D eigenvalue weighted by Crippen LogP contribution is 2.32.